The Kier molecular flexibility index (Phi) is 5.23. The molecule has 6 nitrogen and oxygen atoms in total. The fraction of sp³-hybridized carbons (Fsp3) is 0.591. The number of hydrogen-bond acceptors (Lipinski definition) is 3. The Bertz CT molecular complexity index is 764. The molecule has 2 aliphatic carbocycles. The van der Waals surface area contributed by atoms with Crippen molar-refractivity contribution in [1.29, 1.82) is 0 Å². The molecule has 1 unspecified atom stereocenters. The first-order valence-corrected chi connectivity index (χ1v) is 10.6. The summed E-state index contributed by atoms with van der Waals surface area (Å²) in [6.45, 7) is 5.39. The van der Waals surface area contributed by atoms with Gasteiger partial charge in [-0.3, -0.25) is 14.5 Å². The van der Waals surface area contributed by atoms with E-state index in [1.54, 1.807) is 0 Å². The van der Waals surface area contributed by atoms with Crippen LogP contribution in [0.25, 0.3) is 0 Å². The first kappa shape index (κ1) is 19.1. The van der Waals surface area contributed by atoms with E-state index in [0.717, 1.165) is 45.1 Å². The average Bonchev–Trinajstić information content (AvgIpc) is 3.35. The van der Waals surface area contributed by atoms with Gasteiger partial charge in [0.2, 0.25) is 0 Å². The summed E-state index contributed by atoms with van der Waals surface area (Å²) < 4.78 is 0. The van der Waals surface area contributed by atoms with Gasteiger partial charge in [0.15, 0.2) is 6.67 Å². The Morgan fingerprint density at radius 1 is 0.964 bits per heavy atom. The highest BCUT2D eigenvalue weighted by molar-refractivity contribution is 6.44. The molecule has 3 aliphatic rings. The first-order chi connectivity index (χ1) is 13.5. The molecule has 1 N–H and O–H groups in total. The Balaban J connectivity index is 1.46. The van der Waals surface area contributed by atoms with Crippen LogP contribution in [-0.4, -0.2) is 46.4 Å². The van der Waals surface area contributed by atoms with Gasteiger partial charge in [0.1, 0.15) is 6.54 Å². The molecule has 4 rings (SSSR count). The highest BCUT2D eigenvalue weighted by Gasteiger charge is 2.50. The van der Waals surface area contributed by atoms with Crippen molar-refractivity contribution >= 4 is 17.8 Å². The zero-order valence-electron chi connectivity index (χ0n) is 16.8. The summed E-state index contributed by atoms with van der Waals surface area (Å²) >= 11 is 0. The van der Waals surface area contributed by atoms with Gasteiger partial charge in [0, 0.05) is 24.4 Å². The lowest BCUT2D eigenvalue weighted by Gasteiger charge is -2.25. The third-order valence-electron chi connectivity index (χ3n) is 6.37. The van der Waals surface area contributed by atoms with Crippen LogP contribution in [0, 0.1) is 0 Å². The molecule has 1 aromatic carbocycles. The van der Waals surface area contributed by atoms with Crippen LogP contribution < -0.4 is 4.90 Å². The third kappa shape index (κ3) is 3.70. The van der Waals surface area contributed by atoms with Crippen molar-refractivity contribution in [1.82, 2.24) is 9.80 Å². The third-order valence-corrected chi connectivity index (χ3v) is 6.37. The Hall–Kier alpha value is -2.21. The Morgan fingerprint density at radius 3 is 2.18 bits per heavy atom. The zero-order valence-corrected chi connectivity index (χ0v) is 16.8. The normalized spacial score (nSPS) is 22.0. The minimum Gasteiger partial charge on any atom is -0.311 e. The molecular weight excluding hydrogens is 354 g/mol. The predicted octanol–water partition coefficient (Wildman–Crippen LogP) is 2.05. The molecule has 4 amide bonds. The highest BCUT2D eigenvalue weighted by Crippen LogP contribution is 2.27. The lowest BCUT2D eigenvalue weighted by Crippen LogP contribution is -3.13. The van der Waals surface area contributed by atoms with Crippen LogP contribution in [0.4, 0.5) is 4.79 Å². The van der Waals surface area contributed by atoms with Gasteiger partial charge in [-0.2, -0.15) is 0 Å². The molecule has 3 fully saturated rings. The number of nitrogens with one attached hydrogen (secondary N) is 1. The summed E-state index contributed by atoms with van der Waals surface area (Å²) in [5.74, 6) is -0.785. The van der Waals surface area contributed by atoms with Crippen LogP contribution in [0.2, 0.25) is 0 Å². The molecule has 2 saturated carbocycles. The summed E-state index contributed by atoms with van der Waals surface area (Å²) in [5.41, 5.74) is 2.50. The summed E-state index contributed by atoms with van der Waals surface area (Å²) in [7, 11) is 0. The number of imide groups is 2. The molecule has 1 saturated heterocycles. The number of quaternary nitrogens is 1. The van der Waals surface area contributed by atoms with E-state index in [1.165, 1.54) is 25.8 Å². The molecule has 0 aromatic heterocycles. The number of hydrogen-bond donors (Lipinski definition) is 1. The largest absolute Gasteiger partial charge is 0.338 e. The fourth-order valence-corrected chi connectivity index (χ4v) is 4.45. The summed E-state index contributed by atoms with van der Waals surface area (Å²) in [6, 6.07) is 8.55. The maximum absolute atomic E-state index is 12.9. The van der Waals surface area contributed by atoms with E-state index in [0.29, 0.717) is 12.0 Å². The molecule has 1 aromatic rings. The SMILES string of the molecule is CC(C)c1ccc(C[NH+](CN2C(=O)C(=O)N(C3CCCC3)C2=O)C2CC2)cc1. The Morgan fingerprint density at radius 2 is 1.61 bits per heavy atom. The quantitative estimate of drug-likeness (QED) is 0.578. The molecular formula is C22H30N3O3+. The van der Waals surface area contributed by atoms with Crippen LogP contribution in [0.1, 0.15) is 69.4 Å². The van der Waals surface area contributed by atoms with E-state index in [4.69, 9.17) is 0 Å². The first-order valence-electron chi connectivity index (χ1n) is 10.6. The van der Waals surface area contributed by atoms with Gasteiger partial charge in [-0.1, -0.05) is 51.0 Å². The molecule has 0 spiro atoms. The van der Waals surface area contributed by atoms with E-state index in [1.807, 2.05) is 0 Å². The molecule has 0 bridgehead atoms. The molecule has 1 aliphatic heterocycles. The van der Waals surface area contributed by atoms with Crippen LogP contribution >= 0.6 is 0 Å². The van der Waals surface area contributed by atoms with Crippen molar-refractivity contribution < 1.29 is 19.3 Å². The van der Waals surface area contributed by atoms with E-state index in [9.17, 15) is 14.4 Å². The summed E-state index contributed by atoms with van der Waals surface area (Å²) in [6.07, 6.45) is 5.88. The molecule has 1 atom stereocenters. The molecule has 1 heterocycles. The monoisotopic (exact) mass is 384 g/mol. The second-order valence-electron chi connectivity index (χ2n) is 8.79. The van der Waals surface area contributed by atoms with Gasteiger partial charge < -0.3 is 4.90 Å². The van der Waals surface area contributed by atoms with Gasteiger partial charge in [-0.25, -0.2) is 9.69 Å². The number of nitrogens with zero attached hydrogens (tertiary/aromatic N) is 2. The number of rotatable bonds is 7. The summed E-state index contributed by atoms with van der Waals surface area (Å²) in [5, 5.41) is 0. The molecule has 0 radical (unpaired) electrons. The van der Waals surface area contributed by atoms with Gasteiger partial charge in [0.25, 0.3) is 0 Å². The van der Waals surface area contributed by atoms with Gasteiger partial charge >= 0.3 is 17.8 Å². The van der Waals surface area contributed by atoms with Crippen LogP contribution in [0.3, 0.4) is 0 Å². The van der Waals surface area contributed by atoms with Crippen molar-refractivity contribution in [2.45, 2.75) is 76.9 Å². The van der Waals surface area contributed by atoms with Crippen molar-refractivity contribution in [2.75, 3.05) is 6.67 Å². The fourth-order valence-electron chi connectivity index (χ4n) is 4.45. The number of benzene rings is 1. The second-order valence-corrected chi connectivity index (χ2v) is 8.79. The molecule has 6 heteroatoms. The van der Waals surface area contributed by atoms with Crippen LogP contribution in [0.5, 0.6) is 0 Å². The minimum absolute atomic E-state index is 0.0955. The standard InChI is InChI=1S/C22H29N3O3/c1-15(2)17-9-7-16(8-10-17)13-23(18-11-12-18)14-24-20(26)21(27)25(22(24)28)19-5-3-4-6-19/h7-10,15,18-19H,3-6,11-14H2,1-2H3/p+1. The zero-order chi connectivity index (χ0) is 19.8. The molecule has 150 valence electrons. The van der Waals surface area contributed by atoms with Gasteiger partial charge in [-0.05, 0) is 24.3 Å². The number of carbonyl (C=O) groups excluding carboxylic acids is 3. The number of urea groups is 1. The minimum atomic E-state index is -0.648. The molecule has 28 heavy (non-hydrogen) atoms. The lowest BCUT2D eigenvalue weighted by molar-refractivity contribution is -0.931. The van der Waals surface area contributed by atoms with Crippen molar-refractivity contribution in [3.05, 3.63) is 35.4 Å². The van der Waals surface area contributed by atoms with Crippen LogP contribution in [0.15, 0.2) is 24.3 Å². The van der Waals surface area contributed by atoms with E-state index in [-0.39, 0.29) is 12.7 Å². The van der Waals surface area contributed by atoms with Crippen molar-refractivity contribution in [3.8, 4) is 0 Å². The predicted molar refractivity (Wildman–Crippen MR) is 104 cm³/mol. The van der Waals surface area contributed by atoms with Crippen molar-refractivity contribution in [2.24, 2.45) is 0 Å². The number of amides is 4. The maximum Gasteiger partial charge on any atom is 0.338 e. The number of carbonyl (C=O) groups is 3. The van der Waals surface area contributed by atoms with E-state index < -0.39 is 17.8 Å². The van der Waals surface area contributed by atoms with Crippen molar-refractivity contribution in [3.63, 3.8) is 0 Å². The van der Waals surface area contributed by atoms with Gasteiger partial charge in [0.05, 0.1) is 6.04 Å². The average molecular weight is 385 g/mol. The van der Waals surface area contributed by atoms with E-state index >= 15 is 0 Å². The second kappa shape index (κ2) is 7.66. The maximum atomic E-state index is 12.9. The van der Waals surface area contributed by atoms with E-state index in [2.05, 4.69) is 38.1 Å². The summed E-state index contributed by atoms with van der Waals surface area (Å²) in [4.78, 5) is 41.5. The topological polar surface area (TPSA) is 62.1 Å². The van der Waals surface area contributed by atoms with Crippen LogP contribution in [-0.2, 0) is 16.1 Å². The lowest BCUT2D eigenvalue weighted by atomic mass is 10.0. The smallest absolute Gasteiger partial charge is 0.311 e. The highest BCUT2D eigenvalue weighted by atomic mass is 16.2. The van der Waals surface area contributed by atoms with Gasteiger partial charge in [-0.15, -0.1) is 0 Å². The Labute approximate surface area is 166 Å².